The standard InChI is InChI=1S/C47H30N2O2/c1-3-11-37(12-4-1)49(38-13-5-2-6-14-38)47-24-21-33(30-48-47)36-26-34(31-19-22-45-41(28-31)39-15-7-9-17-43(39)50-45)25-35(27-36)32-20-23-46-42(29-32)40-16-8-10-18-44(40)51-46/h1-30H. The zero-order valence-electron chi connectivity index (χ0n) is 27.5. The molecule has 0 aliphatic carbocycles. The predicted molar refractivity (Wildman–Crippen MR) is 210 cm³/mol. The first-order valence-corrected chi connectivity index (χ1v) is 17.1. The van der Waals surface area contributed by atoms with Crippen LogP contribution in [0.1, 0.15) is 0 Å². The summed E-state index contributed by atoms with van der Waals surface area (Å²) in [7, 11) is 0. The maximum Gasteiger partial charge on any atom is 0.137 e. The molecule has 0 unspecified atom stereocenters. The van der Waals surface area contributed by atoms with Gasteiger partial charge < -0.3 is 8.83 Å². The molecule has 0 N–H and O–H groups in total. The molecule has 240 valence electrons. The molecule has 0 bridgehead atoms. The van der Waals surface area contributed by atoms with Gasteiger partial charge in [0, 0.05) is 44.7 Å². The van der Waals surface area contributed by atoms with Crippen molar-refractivity contribution in [3.8, 4) is 33.4 Å². The van der Waals surface area contributed by atoms with Crippen molar-refractivity contribution in [2.24, 2.45) is 0 Å². The van der Waals surface area contributed by atoms with Crippen LogP contribution in [-0.4, -0.2) is 4.98 Å². The van der Waals surface area contributed by atoms with Gasteiger partial charge in [-0.05, 0) is 119 Å². The number of pyridine rings is 1. The lowest BCUT2D eigenvalue weighted by molar-refractivity contribution is 0.668. The van der Waals surface area contributed by atoms with Gasteiger partial charge in [-0.25, -0.2) is 4.98 Å². The Morgan fingerprint density at radius 3 is 1.25 bits per heavy atom. The maximum atomic E-state index is 6.17. The third kappa shape index (κ3) is 5.13. The quantitative estimate of drug-likeness (QED) is 0.179. The molecule has 0 atom stereocenters. The van der Waals surface area contributed by atoms with Crippen molar-refractivity contribution in [1.29, 1.82) is 0 Å². The van der Waals surface area contributed by atoms with Gasteiger partial charge in [0.2, 0.25) is 0 Å². The third-order valence-electron chi connectivity index (χ3n) is 9.69. The van der Waals surface area contributed by atoms with Crippen molar-refractivity contribution < 1.29 is 8.83 Å². The smallest absolute Gasteiger partial charge is 0.137 e. The summed E-state index contributed by atoms with van der Waals surface area (Å²) in [5.74, 6) is 0.849. The number of hydrogen-bond acceptors (Lipinski definition) is 4. The van der Waals surface area contributed by atoms with Gasteiger partial charge in [0.05, 0.1) is 0 Å². The van der Waals surface area contributed by atoms with E-state index in [1.807, 2.05) is 42.6 Å². The summed E-state index contributed by atoms with van der Waals surface area (Å²) in [5, 5.41) is 4.44. The van der Waals surface area contributed by atoms with Crippen LogP contribution < -0.4 is 4.90 Å². The van der Waals surface area contributed by atoms with Gasteiger partial charge in [-0.1, -0.05) is 84.9 Å². The highest BCUT2D eigenvalue weighted by Gasteiger charge is 2.16. The van der Waals surface area contributed by atoms with Crippen LogP contribution >= 0.6 is 0 Å². The van der Waals surface area contributed by atoms with E-state index in [0.29, 0.717) is 0 Å². The van der Waals surface area contributed by atoms with E-state index in [2.05, 4.69) is 144 Å². The van der Waals surface area contributed by atoms with Crippen molar-refractivity contribution in [3.63, 3.8) is 0 Å². The third-order valence-corrected chi connectivity index (χ3v) is 9.69. The van der Waals surface area contributed by atoms with E-state index in [0.717, 1.165) is 94.5 Å². The minimum Gasteiger partial charge on any atom is -0.456 e. The van der Waals surface area contributed by atoms with Crippen molar-refractivity contribution >= 4 is 61.1 Å². The van der Waals surface area contributed by atoms with Crippen LogP contribution in [0.25, 0.3) is 77.3 Å². The van der Waals surface area contributed by atoms with Crippen molar-refractivity contribution in [1.82, 2.24) is 4.98 Å². The van der Waals surface area contributed by atoms with E-state index >= 15 is 0 Å². The zero-order valence-corrected chi connectivity index (χ0v) is 27.5. The van der Waals surface area contributed by atoms with E-state index < -0.39 is 0 Å². The second kappa shape index (κ2) is 11.9. The molecule has 51 heavy (non-hydrogen) atoms. The van der Waals surface area contributed by atoms with E-state index in [1.165, 1.54) is 0 Å². The van der Waals surface area contributed by atoms with Gasteiger partial charge in [0.15, 0.2) is 0 Å². The lowest BCUT2D eigenvalue weighted by Gasteiger charge is -2.24. The van der Waals surface area contributed by atoms with E-state index in [1.54, 1.807) is 0 Å². The summed E-state index contributed by atoms with van der Waals surface area (Å²) < 4.78 is 12.3. The lowest BCUT2D eigenvalue weighted by atomic mass is 9.92. The highest BCUT2D eigenvalue weighted by molar-refractivity contribution is 6.07. The summed E-state index contributed by atoms with van der Waals surface area (Å²) in [6, 6.07) is 61.2. The molecule has 10 aromatic rings. The molecular weight excluding hydrogens is 625 g/mol. The minimum absolute atomic E-state index is 0.849. The fourth-order valence-corrected chi connectivity index (χ4v) is 7.20. The Labute approximate surface area is 294 Å². The first-order valence-electron chi connectivity index (χ1n) is 17.1. The Bertz CT molecular complexity index is 2680. The van der Waals surface area contributed by atoms with Crippen LogP contribution in [0.15, 0.2) is 191 Å². The monoisotopic (exact) mass is 654 g/mol. The topological polar surface area (TPSA) is 42.4 Å². The van der Waals surface area contributed by atoms with Crippen LogP contribution in [0.3, 0.4) is 0 Å². The van der Waals surface area contributed by atoms with Gasteiger partial charge in [-0.3, -0.25) is 4.90 Å². The maximum absolute atomic E-state index is 6.17. The largest absolute Gasteiger partial charge is 0.456 e. The van der Waals surface area contributed by atoms with Crippen molar-refractivity contribution in [2.45, 2.75) is 0 Å². The second-order valence-corrected chi connectivity index (χ2v) is 12.8. The molecule has 4 nitrogen and oxygen atoms in total. The molecule has 0 aliphatic rings. The molecule has 0 fully saturated rings. The molecule has 0 spiro atoms. The summed E-state index contributed by atoms with van der Waals surface area (Å²) in [6.45, 7) is 0. The molecule has 0 saturated heterocycles. The number of furan rings is 2. The second-order valence-electron chi connectivity index (χ2n) is 12.8. The predicted octanol–water partition coefficient (Wildman–Crippen LogP) is 13.4. The van der Waals surface area contributed by atoms with Gasteiger partial charge in [-0.15, -0.1) is 0 Å². The molecule has 7 aromatic carbocycles. The van der Waals surface area contributed by atoms with E-state index in [9.17, 15) is 0 Å². The number of para-hydroxylation sites is 4. The van der Waals surface area contributed by atoms with Crippen LogP contribution in [-0.2, 0) is 0 Å². The number of hydrogen-bond donors (Lipinski definition) is 0. The minimum atomic E-state index is 0.849. The molecule has 0 amide bonds. The summed E-state index contributed by atoms with van der Waals surface area (Å²) in [6.07, 6.45) is 1.98. The van der Waals surface area contributed by atoms with E-state index in [4.69, 9.17) is 13.8 Å². The Balaban J connectivity index is 1.13. The number of fused-ring (bicyclic) bond motifs is 6. The average molecular weight is 655 g/mol. The van der Waals surface area contributed by atoms with Crippen LogP contribution in [0.4, 0.5) is 17.2 Å². The molecule has 3 aromatic heterocycles. The number of nitrogens with zero attached hydrogens (tertiary/aromatic N) is 2. The first kappa shape index (κ1) is 29.0. The molecule has 0 aliphatic heterocycles. The Morgan fingerprint density at radius 1 is 0.333 bits per heavy atom. The average Bonchev–Trinajstić information content (AvgIpc) is 3.77. The molecular formula is C47H30N2O2. The Morgan fingerprint density at radius 2 is 0.765 bits per heavy atom. The molecule has 3 heterocycles. The molecule has 0 saturated carbocycles. The number of anilines is 3. The summed E-state index contributed by atoms with van der Waals surface area (Å²) >= 11 is 0. The van der Waals surface area contributed by atoms with Crippen LogP contribution in [0.5, 0.6) is 0 Å². The lowest BCUT2D eigenvalue weighted by Crippen LogP contribution is -2.11. The molecule has 10 rings (SSSR count). The SMILES string of the molecule is c1ccc(N(c2ccccc2)c2ccc(-c3cc(-c4ccc5oc6ccccc6c5c4)cc(-c4ccc5oc6ccccc6c5c4)c3)cn2)cc1. The Kier molecular flexibility index (Phi) is 6.78. The summed E-state index contributed by atoms with van der Waals surface area (Å²) in [5.41, 5.74) is 12.3. The summed E-state index contributed by atoms with van der Waals surface area (Å²) in [4.78, 5) is 7.23. The normalized spacial score (nSPS) is 11.5. The molecule has 0 radical (unpaired) electrons. The fraction of sp³-hybridized carbons (Fsp3) is 0. The first-order chi connectivity index (χ1) is 25.2. The van der Waals surface area contributed by atoms with Crippen molar-refractivity contribution in [3.05, 3.63) is 182 Å². The van der Waals surface area contributed by atoms with E-state index in [-0.39, 0.29) is 0 Å². The van der Waals surface area contributed by atoms with Gasteiger partial charge in [0.25, 0.3) is 0 Å². The highest BCUT2D eigenvalue weighted by Crippen LogP contribution is 2.39. The van der Waals surface area contributed by atoms with Crippen LogP contribution in [0, 0.1) is 0 Å². The highest BCUT2D eigenvalue weighted by atomic mass is 16.3. The number of benzene rings is 7. The Hall–Kier alpha value is -6.91. The molecule has 4 heteroatoms. The number of rotatable bonds is 6. The number of aromatic nitrogens is 1. The van der Waals surface area contributed by atoms with Crippen molar-refractivity contribution in [2.75, 3.05) is 4.90 Å². The van der Waals surface area contributed by atoms with Gasteiger partial charge in [-0.2, -0.15) is 0 Å². The van der Waals surface area contributed by atoms with Crippen LogP contribution in [0.2, 0.25) is 0 Å². The van der Waals surface area contributed by atoms with Gasteiger partial charge >= 0.3 is 0 Å². The van der Waals surface area contributed by atoms with Gasteiger partial charge in [0.1, 0.15) is 28.1 Å². The zero-order chi connectivity index (χ0) is 33.7. The fourth-order valence-electron chi connectivity index (χ4n) is 7.20.